The number of carbonyl (C=O) groups excluding carboxylic acids is 2. The standard InChI is InChI=1S/C13H24I2N2O4.C4H10/c1-12(2,3)21-10(19)7-6-9(17(14)15)11(20)16-13(4,5)8-18;1-4(2)3/h9,18H,6-8H2,1-5H3,(H,16,20);4H,1-3H3. The molecule has 1 atom stereocenters. The smallest absolute Gasteiger partial charge is 0.306 e. The van der Waals surface area contributed by atoms with Crippen molar-refractivity contribution >= 4 is 57.6 Å². The van der Waals surface area contributed by atoms with Gasteiger partial charge in [0, 0.05) is 52.1 Å². The Morgan fingerprint density at radius 2 is 1.56 bits per heavy atom. The number of hydrogen-bond donors (Lipinski definition) is 2. The van der Waals surface area contributed by atoms with Crippen LogP contribution in [0.5, 0.6) is 0 Å². The fourth-order valence-electron chi connectivity index (χ4n) is 1.42. The maximum absolute atomic E-state index is 12.2. The Bertz CT molecular complexity index is 405. The van der Waals surface area contributed by atoms with Gasteiger partial charge in [-0.15, -0.1) is 0 Å². The number of ether oxygens (including phenoxy) is 1. The molecule has 1 unspecified atom stereocenters. The number of aliphatic hydroxyl groups is 1. The quantitative estimate of drug-likeness (QED) is 0.269. The molecule has 0 heterocycles. The number of aliphatic hydroxyl groups excluding tert-OH is 1. The molecular weight excluding hydrogens is 550 g/mol. The largest absolute Gasteiger partial charge is 0.460 e. The number of hydrogen-bond acceptors (Lipinski definition) is 5. The first-order valence-corrected chi connectivity index (χ1v) is 10.3. The van der Waals surface area contributed by atoms with Gasteiger partial charge >= 0.3 is 5.97 Å². The van der Waals surface area contributed by atoms with Gasteiger partial charge in [-0.05, 0) is 47.0 Å². The van der Waals surface area contributed by atoms with Crippen molar-refractivity contribution in [3.05, 3.63) is 0 Å². The van der Waals surface area contributed by atoms with Gasteiger partial charge < -0.3 is 15.2 Å². The second kappa shape index (κ2) is 12.7. The fourth-order valence-corrected chi connectivity index (χ4v) is 2.48. The Balaban J connectivity index is 0. The van der Waals surface area contributed by atoms with Crippen LogP contribution in [-0.4, -0.2) is 42.1 Å². The van der Waals surface area contributed by atoms with E-state index < -0.39 is 17.2 Å². The molecule has 8 heteroatoms. The number of halogens is 2. The van der Waals surface area contributed by atoms with E-state index in [0.717, 1.165) is 5.92 Å². The number of amides is 1. The third-order valence-electron chi connectivity index (χ3n) is 2.44. The average molecular weight is 584 g/mol. The molecule has 0 aliphatic carbocycles. The van der Waals surface area contributed by atoms with Crippen LogP contribution >= 0.6 is 45.7 Å². The molecule has 6 nitrogen and oxygen atoms in total. The summed E-state index contributed by atoms with van der Waals surface area (Å²) in [6.45, 7) is 15.2. The monoisotopic (exact) mass is 584 g/mol. The molecule has 0 spiro atoms. The first kappa shape index (κ1) is 27.5. The lowest BCUT2D eigenvalue weighted by atomic mass is 10.1. The summed E-state index contributed by atoms with van der Waals surface area (Å²) in [5.41, 5.74) is -1.22. The predicted molar refractivity (Wildman–Crippen MR) is 119 cm³/mol. The highest BCUT2D eigenvalue weighted by atomic mass is 127. The van der Waals surface area contributed by atoms with Gasteiger partial charge in [0.1, 0.15) is 11.6 Å². The Hall–Kier alpha value is 0.320. The van der Waals surface area contributed by atoms with Gasteiger partial charge in [0.05, 0.1) is 12.1 Å². The lowest BCUT2D eigenvalue weighted by molar-refractivity contribution is -0.155. The Kier molecular flexibility index (Phi) is 13.9. The lowest BCUT2D eigenvalue weighted by Crippen LogP contribution is -2.51. The molecule has 0 aliphatic heterocycles. The maximum Gasteiger partial charge on any atom is 0.306 e. The van der Waals surface area contributed by atoms with Gasteiger partial charge in [0.2, 0.25) is 5.91 Å². The van der Waals surface area contributed by atoms with Crippen LogP contribution < -0.4 is 5.32 Å². The zero-order valence-corrected chi connectivity index (χ0v) is 21.0. The zero-order chi connectivity index (χ0) is 20.4. The fraction of sp³-hybridized carbons (Fsp3) is 0.882. The second-order valence-corrected chi connectivity index (χ2v) is 12.1. The normalized spacial score (nSPS) is 13.2. The molecule has 150 valence electrons. The summed E-state index contributed by atoms with van der Waals surface area (Å²) in [4.78, 5) is 24.0. The molecule has 1 amide bonds. The summed E-state index contributed by atoms with van der Waals surface area (Å²) in [5, 5.41) is 12.0. The van der Waals surface area contributed by atoms with Gasteiger partial charge in [-0.25, -0.2) is 0 Å². The molecule has 0 bridgehead atoms. The molecule has 25 heavy (non-hydrogen) atoms. The van der Waals surface area contributed by atoms with Crippen LogP contribution in [0.1, 0.15) is 68.2 Å². The van der Waals surface area contributed by atoms with E-state index in [1.165, 1.54) is 0 Å². The minimum absolute atomic E-state index is 0.153. The van der Waals surface area contributed by atoms with Crippen molar-refractivity contribution in [3.63, 3.8) is 0 Å². The van der Waals surface area contributed by atoms with E-state index in [1.54, 1.807) is 15.2 Å². The highest BCUT2D eigenvalue weighted by Gasteiger charge is 2.29. The molecule has 2 N–H and O–H groups in total. The van der Waals surface area contributed by atoms with E-state index in [2.05, 4.69) is 26.1 Å². The molecular formula is C17H34I2N2O4. The zero-order valence-electron chi connectivity index (χ0n) is 16.7. The predicted octanol–water partition coefficient (Wildman–Crippen LogP) is 4.03. The van der Waals surface area contributed by atoms with Crippen molar-refractivity contribution in [1.29, 1.82) is 0 Å². The van der Waals surface area contributed by atoms with Crippen LogP contribution in [0.15, 0.2) is 0 Å². The highest BCUT2D eigenvalue weighted by molar-refractivity contribution is 14.2. The van der Waals surface area contributed by atoms with Gasteiger partial charge in [-0.2, -0.15) is 1.33 Å². The molecule has 0 aromatic carbocycles. The van der Waals surface area contributed by atoms with Crippen LogP contribution in [0.3, 0.4) is 0 Å². The Morgan fingerprint density at radius 1 is 1.12 bits per heavy atom. The van der Waals surface area contributed by atoms with Crippen molar-refractivity contribution in [2.75, 3.05) is 6.61 Å². The topological polar surface area (TPSA) is 78.9 Å². The summed E-state index contributed by atoms with van der Waals surface area (Å²) < 4.78 is 6.93. The summed E-state index contributed by atoms with van der Waals surface area (Å²) in [5.74, 6) is 0.290. The van der Waals surface area contributed by atoms with E-state index in [0.29, 0.717) is 6.42 Å². The molecule has 0 saturated heterocycles. The third kappa shape index (κ3) is 17.5. The van der Waals surface area contributed by atoms with Gasteiger partial charge in [0.25, 0.3) is 0 Å². The summed E-state index contributed by atoms with van der Waals surface area (Å²) in [6.07, 6.45) is 0.519. The number of rotatable bonds is 7. The van der Waals surface area contributed by atoms with Crippen LogP contribution in [0, 0.1) is 5.92 Å². The number of nitrogens with zero attached hydrogens (tertiary/aromatic N) is 1. The maximum atomic E-state index is 12.2. The number of carbonyl (C=O) groups is 2. The summed E-state index contributed by atoms with van der Waals surface area (Å²) >= 11 is 4.01. The minimum atomic E-state index is -0.690. The average Bonchev–Trinajstić information content (AvgIpc) is 2.34. The van der Waals surface area contributed by atoms with Crippen LogP contribution in [0.4, 0.5) is 0 Å². The first-order valence-electron chi connectivity index (χ1n) is 8.37. The van der Waals surface area contributed by atoms with Gasteiger partial charge in [-0.3, -0.25) is 9.59 Å². The van der Waals surface area contributed by atoms with E-state index in [-0.39, 0.29) is 24.9 Å². The van der Waals surface area contributed by atoms with Gasteiger partial charge in [-0.1, -0.05) is 20.8 Å². The molecule has 0 aromatic rings. The van der Waals surface area contributed by atoms with Crippen LogP contribution in [0.25, 0.3) is 0 Å². The second-order valence-electron chi connectivity index (χ2n) is 8.16. The van der Waals surface area contributed by atoms with Crippen LogP contribution in [-0.2, 0) is 14.3 Å². The van der Waals surface area contributed by atoms with Crippen molar-refractivity contribution in [3.8, 4) is 0 Å². The summed E-state index contributed by atoms with van der Waals surface area (Å²) in [6, 6.07) is -0.468. The molecule has 0 saturated carbocycles. The third-order valence-corrected chi connectivity index (χ3v) is 3.78. The summed E-state index contributed by atoms with van der Waals surface area (Å²) in [7, 11) is 0. The SMILES string of the molecule is CC(C)(CO)NC(=O)C(CCC(=O)OC(C)(C)C)N(I)I.CC(C)C. The van der Waals surface area contributed by atoms with E-state index in [4.69, 9.17) is 4.74 Å². The minimum Gasteiger partial charge on any atom is -0.460 e. The number of esters is 1. The van der Waals surface area contributed by atoms with E-state index in [1.807, 2.05) is 66.5 Å². The molecule has 0 aliphatic rings. The lowest BCUT2D eigenvalue weighted by Gasteiger charge is -2.28. The molecule has 0 radical (unpaired) electrons. The van der Waals surface area contributed by atoms with Gasteiger partial charge in [0.15, 0.2) is 0 Å². The number of nitrogens with one attached hydrogen (secondary N) is 1. The van der Waals surface area contributed by atoms with Crippen LogP contribution in [0.2, 0.25) is 0 Å². The first-order chi connectivity index (χ1) is 11.1. The molecule has 0 aromatic heterocycles. The highest BCUT2D eigenvalue weighted by Crippen LogP contribution is 2.20. The Labute approximate surface area is 180 Å². The van der Waals surface area contributed by atoms with Crippen molar-refractivity contribution in [2.45, 2.75) is 85.4 Å². The van der Waals surface area contributed by atoms with Crippen molar-refractivity contribution < 1.29 is 19.4 Å². The van der Waals surface area contributed by atoms with Crippen molar-refractivity contribution in [1.82, 2.24) is 6.64 Å². The Morgan fingerprint density at radius 3 is 1.88 bits per heavy atom. The molecule has 0 rings (SSSR count). The van der Waals surface area contributed by atoms with Crippen molar-refractivity contribution in [2.24, 2.45) is 5.92 Å². The molecule has 0 fully saturated rings. The van der Waals surface area contributed by atoms with E-state index >= 15 is 0 Å². The van der Waals surface area contributed by atoms with E-state index in [9.17, 15) is 14.7 Å².